The molecule has 6 heteroatoms. The highest BCUT2D eigenvalue weighted by molar-refractivity contribution is 7.13. The summed E-state index contributed by atoms with van der Waals surface area (Å²) in [6.07, 6.45) is 3.25. The Morgan fingerprint density at radius 3 is 3.00 bits per heavy atom. The lowest BCUT2D eigenvalue weighted by atomic mass is 10.1. The number of aryl methyl sites for hydroxylation is 1. The molecule has 0 radical (unpaired) electrons. The highest BCUT2D eigenvalue weighted by Crippen LogP contribution is 2.24. The number of hydrogen-bond donors (Lipinski definition) is 0. The van der Waals surface area contributed by atoms with E-state index in [0.29, 0.717) is 6.54 Å². The van der Waals surface area contributed by atoms with Crippen LogP contribution in [0.1, 0.15) is 11.3 Å². The Labute approximate surface area is 109 Å². The molecule has 88 valence electrons. The third kappa shape index (κ3) is 2.30. The van der Waals surface area contributed by atoms with E-state index in [9.17, 15) is 0 Å². The molecule has 0 N–H and O–H groups in total. The molecule has 3 aromatic rings. The molecule has 2 heterocycles. The van der Waals surface area contributed by atoms with E-state index >= 15 is 0 Å². The predicted octanol–water partition coefficient (Wildman–Crippen LogP) is 2.67. The van der Waals surface area contributed by atoms with Crippen LogP contribution in [0.5, 0.6) is 0 Å². The topological polar surface area (TPSA) is 43.6 Å². The summed E-state index contributed by atoms with van der Waals surface area (Å²) in [7, 11) is 0. The van der Waals surface area contributed by atoms with Crippen molar-refractivity contribution < 1.29 is 0 Å². The summed E-state index contributed by atoms with van der Waals surface area (Å²) in [6, 6.07) is 6.40. The van der Waals surface area contributed by atoms with Crippen LogP contribution in [0.15, 0.2) is 30.9 Å². The second-order valence-electron chi connectivity index (χ2n) is 3.72. The molecule has 0 bridgehead atoms. The fraction of sp³-hybridized carbons (Fsp3) is 0.182. The Kier molecular flexibility index (Phi) is 3.40. The maximum absolute atomic E-state index is 4.46. The summed E-state index contributed by atoms with van der Waals surface area (Å²) in [5, 5.41) is 5.31. The first-order chi connectivity index (χ1) is 7.83. The third-order valence-corrected chi connectivity index (χ3v) is 3.34. The van der Waals surface area contributed by atoms with Gasteiger partial charge in [0, 0.05) is 5.39 Å². The van der Waals surface area contributed by atoms with Crippen LogP contribution in [0, 0.1) is 6.92 Å². The summed E-state index contributed by atoms with van der Waals surface area (Å²) in [6.45, 7) is 2.78. The molecule has 0 unspecified atom stereocenters. The Morgan fingerprint density at radius 2 is 2.24 bits per heavy atom. The van der Waals surface area contributed by atoms with Crippen LogP contribution in [0.4, 0.5) is 0 Å². The van der Waals surface area contributed by atoms with Crippen molar-refractivity contribution in [2.45, 2.75) is 13.5 Å². The van der Waals surface area contributed by atoms with Crippen LogP contribution >= 0.6 is 23.9 Å². The standard InChI is InChI=1S/C11H10N4S.ClH/c1-8-2-3-11-9(4-8)10(14-16-11)5-15-7-12-6-13-15;/h2-4,6-7H,5H2,1H3;1H. The predicted molar refractivity (Wildman–Crippen MR) is 70.7 cm³/mol. The zero-order chi connectivity index (χ0) is 11.0. The molecular formula is C11H11ClN4S. The number of rotatable bonds is 2. The number of aromatic nitrogens is 4. The second-order valence-corrected chi connectivity index (χ2v) is 4.53. The Morgan fingerprint density at radius 1 is 1.35 bits per heavy atom. The molecule has 0 aliphatic carbocycles. The molecule has 0 aliphatic heterocycles. The van der Waals surface area contributed by atoms with Crippen molar-refractivity contribution in [3.63, 3.8) is 0 Å². The van der Waals surface area contributed by atoms with Crippen molar-refractivity contribution >= 4 is 34.0 Å². The van der Waals surface area contributed by atoms with Gasteiger partial charge in [-0.1, -0.05) is 11.6 Å². The van der Waals surface area contributed by atoms with Gasteiger partial charge in [-0.3, -0.25) is 0 Å². The molecule has 0 saturated heterocycles. The first kappa shape index (κ1) is 12.0. The van der Waals surface area contributed by atoms with Crippen molar-refractivity contribution in [2.75, 3.05) is 0 Å². The highest BCUT2D eigenvalue weighted by Gasteiger charge is 2.06. The van der Waals surface area contributed by atoms with Crippen molar-refractivity contribution in [3.8, 4) is 0 Å². The monoisotopic (exact) mass is 266 g/mol. The molecule has 0 spiro atoms. The Balaban J connectivity index is 0.00000108. The van der Waals surface area contributed by atoms with E-state index in [4.69, 9.17) is 0 Å². The van der Waals surface area contributed by atoms with Gasteiger partial charge in [0.1, 0.15) is 12.7 Å². The van der Waals surface area contributed by atoms with Gasteiger partial charge in [-0.2, -0.15) is 9.47 Å². The lowest BCUT2D eigenvalue weighted by Gasteiger charge is -1.98. The van der Waals surface area contributed by atoms with Gasteiger partial charge in [-0.05, 0) is 30.6 Å². The SMILES string of the molecule is Cc1ccc2snc(Cn3cncn3)c2c1.Cl. The van der Waals surface area contributed by atoms with Crippen LogP contribution < -0.4 is 0 Å². The minimum atomic E-state index is 0. The van der Waals surface area contributed by atoms with E-state index in [-0.39, 0.29) is 12.4 Å². The van der Waals surface area contributed by atoms with Crippen molar-refractivity contribution in [1.82, 2.24) is 19.1 Å². The molecule has 0 fully saturated rings. The zero-order valence-electron chi connectivity index (χ0n) is 9.20. The molecule has 2 aromatic heterocycles. The summed E-state index contributed by atoms with van der Waals surface area (Å²) >= 11 is 1.53. The number of fused-ring (bicyclic) bond motifs is 1. The fourth-order valence-corrected chi connectivity index (χ4v) is 2.45. The van der Waals surface area contributed by atoms with Crippen LogP contribution in [0.2, 0.25) is 0 Å². The lowest BCUT2D eigenvalue weighted by molar-refractivity contribution is 0.679. The van der Waals surface area contributed by atoms with Crippen LogP contribution in [0.25, 0.3) is 10.1 Å². The van der Waals surface area contributed by atoms with E-state index in [1.165, 1.54) is 27.2 Å². The normalized spacial score (nSPS) is 10.4. The lowest BCUT2D eigenvalue weighted by Crippen LogP contribution is -2.00. The number of nitrogens with zero attached hydrogens (tertiary/aromatic N) is 4. The van der Waals surface area contributed by atoms with E-state index < -0.39 is 0 Å². The molecule has 0 atom stereocenters. The minimum Gasteiger partial charge on any atom is -0.247 e. The number of benzene rings is 1. The van der Waals surface area contributed by atoms with E-state index in [2.05, 4.69) is 39.6 Å². The van der Waals surface area contributed by atoms with Crippen LogP contribution in [-0.4, -0.2) is 19.1 Å². The minimum absolute atomic E-state index is 0. The summed E-state index contributed by atoms with van der Waals surface area (Å²) in [4.78, 5) is 3.93. The van der Waals surface area contributed by atoms with Gasteiger partial charge in [-0.15, -0.1) is 12.4 Å². The highest BCUT2D eigenvalue weighted by atomic mass is 35.5. The maximum Gasteiger partial charge on any atom is 0.137 e. The van der Waals surface area contributed by atoms with Crippen molar-refractivity contribution in [3.05, 3.63) is 42.1 Å². The average molecular weight is 267 g/mol. The molecule has 17 heavy (non-hydrogen) atoms. The van der Waals surface area contributed by atoms with Gasteiger partial charge in [0.2, 0.25) is 0 Å². The first-order valence-corrected chi connectivity index (χ1v) is 5.77. The summed E-state index contributed by atoms with van der Waals surface area (Å²) < 4.78 is 7.48. The van der Waals surface area contributed by atoms with Gasteiger partial charge in [0.15, 0.2) is 0 Å². The van der Waals surface area contributed by atoms with E-state index in [1.807, 2.05) is 0 Å². The molecule has 4 nitrogen and oxygen atoms in total. The molecule has 0 amide bonds. The van der Waals surface area contributed by atoms with E-state index in [0.717, 1.165) is 5.69 Å². The van der Waals surface area contributed by atoms with Gasteiger partial charge >= 0.3 is 0 Å². The largest absolute Gasteiger partial charge is 0.247 e. The van der Waals surface area contributed by atoms with Crippen LogP contribution in [-0.2, 0) is 6.54 Å². The zero-order valence-corrected chi connectivity index (χ0v) is 10.8. The second kappa shape index (κ2) is 4.81. The average Bonchev–Trinajstić information content (AvgIpc) is 2.90. The van der Waals surface area contributed by atoms with Gasteiger partial charge < -0.3 is 0 Å². The fourth-order valence-electron chi connectivity index (χ4n) is 1.68. The van der Waals surface area contributed by atoms with Gasteiger partial charge in [-0.25, -0.2) is 9.67 Å². The van der Waals surface area contributed by atoms with Crippen molar-refractivity contribution in [1.29, 1.82) is 0 Å². The molecular weight excluding hydrogens is 256 g/mol. The molecule has 0 aliphatic rings. The number of hydrogen-bond acceptors (Lipinski definition) is 4. The van der Waals surface area contributed by atoms with Crippen molar-refractivity contribution in [2.24, 2.45) is 0 Å². The quantitative estimate of drug-likeness (QED) is 0.716. The number of halogens is 1. The smallest absolute Gasteiger partial charge is 0.137 e. The molecule has 1 aromatic carbocycles. The van der Waals surface area contributed by atoms with Gasteiger partial charge in [0.25, 0.3) is 0 Å². The first-order valence-electron chi connectivity index (χ1n) is 5.00. The third-order valence-electron chi connectivity index (χ3n) is 2.48. The summed E-state index contributed by atoms with van der Waals surface area (Å²) in [5.74, 6) is 0. The molecule has 3 rings (SSSR count). The maximum atomic E-state index is 4.46. The molecule has 0 saturated carbocycles. The van der Waals surface area contributed by atoms with Gasteiger partial charge in [0.05, 0.1) is 16.9 Å². The Bertz CT molecular complexity index is 617. The Hall–Kier alpha value is -1.46. The summed E-state index contributed by atoms with van der Waals surface area (Å²) in [5.41, 5.74) is 2.32. The van der Waals surface area contributed by atoms with Crippen LogP contribution in [0.3, 0.4) is 0 Å². The van der Waals surface area contributed by atoms with E-state index in [1.54, 1.807) is 17.3 Å².